The molecular formula is C19H19FN4O3. The van der Waals surface area contributed by atoms with Crippen molar-refractivity contribution in [2.24, 2.45) is 11.7 Å². The number of imidazole rings is 1. The minimum Gasteiger partial charge on any atom is -0.489 e. The lowest BCUT2D eigenvalue weighted by Crippen LogP contribution is -2.34. The van der Waals surface area contributed by atoms with Crippen LogP contribution < -0.4 is 15.8 Å². The highest BCUT2D eigenvalue weighted by molar-refractivity contribution is 6.03. The van der Waals surface area contributed by atoms with E-state index in [9.17, 15) is 14.0 Å². The Hall–Kier alpha value is -3.16. The van der Waals surface area contributed by atoms with Gasteiger partial charge in [-0.05, 0) is 18.6 Å². The molecule has 0 unspecified atom stereocenters. The second-order valence-corrected chi connectivity index (χ2v) is 6.64. The van der Waals surface area contributed by atoms with Crippen LogP contribution in [0.3, 0.4) is 0 Å². The van der Waals surface area contributed by atoms with Crippen molar-refractivity contribution in [2.45, 2.75) is 25.6 Å². The molecular weight excluding hydrogens is 351 g/mol. The van der Waals surface area contributed by atoms with E-state index in [-0.39, 0.29) is 6.61 Å². The number of nitrogens with two attached hydrogens (primary N) is 1. The summed E-state index contributed by atoms with van der Waals surface area (Å²) in [6.45, 7) is 2.00. The van der Waals surface area contributed by atoms with Crippen LogP contribution in [0.5, 0.6) is 5.75 Å². The number of nitrogens with zero attached hydrogens (tertiary/aromatic N) is 2. The SMILES string of the molecule is CC[C@H]1[C@@H](COc2cccc3cc(C(N)=O)c4nccn4c23)NC(=O)[C@@H]1F. The Balaban J connectivity index is 1.72. The molecule has 3 heterocycles. The predicted molar refractivity (Wildman–Crippen MR) is 97.3 cm³/mol. The van der Waals surface area contributed by atoms with Gasteiger partial charge in [-0.25, -0.2) is 9.37 Å². The number of hydrogen-bond donors (Lipinski definition) is 2. The summed E-state index contributed by atoms with van der Waals surface area (Å²) in [5.41, 5.74) is 6.95. The molecule has 140 valence electrons. The Morgan fingerprint density at radius 2 is 2.26 bits per heavy atom. The minimum atomic E-state index is -1.51. The Morgan fingerprint density at radius 3 is 3.00 bits per heavy atom. The fourth-order valence-electron chi connectivity index (χ4n) is 3.72. The fraction of sp³-hybridized carbons (Fsp3) is 0.316. The van der Waals surface area contributed by atoms with Gasteiger partial charge >= 0.3 is 0 Å². The van der Waals surface area contributed by atoms with Crippen molar-refractivity contribution in [1.82, 2.24) is 14.7 Å². The van der Waals surface area contributed by atoms with Gasteiger partial charge in [0.25, 0.3) is 11.8 Å². The zero-order valence-corrected chi connectivity index (χ0v) is 14.7. The van der Waals surface area contributed by atoms with Gasteiger partial charge in [-0.1, -0.05) is 19.1 Å². The molecule has 3 atom stereocenters. The van der Waals surface area contributed by atoms with E-state index in [1.54, 1.807) is 35.0 Å². The molecule has 27 heavy (non-hydrogen) atoms. The Labute approximate surface area is 154 Å². The van der Waals surface area contributed by atoms with E-state index in [1.807, 2.05) is 13.0 Å². The normalized spacial score (nSPS) is 22.3. The standard InChI is InChI=1S/C19H19FN4O3/c1-2-11-13(23-19(26)15(11)20)9-27-14-5-3-4-10-8-12(17(21)25)18-22-6-7-24(18)16(10)14/h3-8,11,13,15H,2,9H2,1H3,(H2,21,25)(H,23,26)/t11-,13+,15+/m0/s1. The van der Waals surface area contributed by atoms with Crippen LogP contribution in [-0.4, -0.2) is 40.0 Å². The van der Waals surface area contributed by atoms with Crippen molar-refractivity contribution in [3.05, 3.63) is 42.2 Å². The highest BCUT2D eigenvalue weighted by Gasteiger charge is 2.41. The van der Waals surface area contributed by atoms with Crippen LogP contribution in [-0.2, 0) is 4.79 Å². The average Bonchev–Trinajstić information content (AvgIpc) is 3.24. The lowest BCUT2D eigenvalue weighted by molar-refractivity contribution is -0.123. The molecule has 7 nitrogen and oxygen atoms in total. The third-order valence-electron chi connectivity index (χ3n) is 5.08. The number of pyridine rings is 1. The number of aromatic nitrogens is 2. The highest BCUT2D eigenvalue weighted by atomic mass is 19.1. The number of primary amides is 1. The summed E-state index contributed by atoms with van der Waals surface area (Å²) in [7, 11) is 0. The smallest absolute Gasteiger partial charge is 0.255 e. The molecule has 0 bridgehead atoms. The van der Waals surface area contributed by atoms with Gasteiger partial charge in [-0.15, -0.1) is 0 Å². The maximum atomic E-state index is 14.0. The molecule has 8 heteroatoms. The molecule has 3 aromatic rings. The zero-order chi connectivity index (χ0) is 19.1. The number of benzene rings is 1. The second-order valence-electron chi connectivity index (χ2n) is 6.64. The Bertz CT molecular complexity index is 1050. The first kappa shape index (κ1) is 17.3. The number of carbonyl (C=O) groups is 2. The summed E-state index contributed by atoms with van der Waals surface area (Å²) in [6.07, 6.45) is 2.34. The van der Waals surface area contributed by atoms with Crippen LogP contribution >= 0.6 is 0 Å². The van der Waals surface area contributed by atoms with Crippen molar-refractivity contribution < 1.29 is 18.7 Å². The highest BCUT2D eigenvalue weighted by Crippen LogP contribution is 2.30. The maximum absolute atomic E-state index is 14.0. The van der Waals surface area contributed by atoms with Gasteiger partial charge in [0, 0.05) is 23.7 Å². The van der Waals surface area contributed by atoms with Gasteiger partial charge in [0.2, 0.25) is 0 Å². The van der Waals surface area contributed by atoms with Crippen molar-refractivity contribution in [2.75, 3.05) is 6.61 Å². The van der Waals surface area contributed by atoms with Crippen LogP contribution in [0.15, 0.2) is 36.7 Å². The molecule has 0 radical (unpaired) electrons. The van der Waals surface area contributed by atoms with E-state index in [4.69, 9.17) is 10.5 Å². The number of rotatable bonds is 5. The van der Waals surface area contributed by atoms with Gasteiger partial charge in [0.1, 0.15) is 18.0 Å². The molecule has 2 aromatic heterocycles. The maximum Gasteiger partial charge on any atom is 0.255 e. The zero-order valence-electron chi connectivity index (χ0n) is 14.7. The summed E-state index contributed by atoms with van der Waals surface area (Å²) in [6, 6.07) is 6.72. The van der Waals surface area contributed by atoms with Crippen molar-refractivity contribution in [3.8, 4) is 5.75 Å². The number of hydrogen-bond acceptors (Lipinski definition) is 4. The summed E-state index contributed by atoms with van der Waals surface area (Å²) < 4.78 is 21.7. The van der Waals surface area contributed by atoms with E-state index < -0.39 is 29.9 Å². The van der Waals surface area contributed by atoms with Crippen molar-refractivity contribution >= 4 is 28.4 Å². The van der Waals surface area contributed by atoms with Crippen molar-refractivity contribution in [3.63, 3.8) is 0 Å². The Morgan fingerprint density at radius 1 is 1.44 bits per heavy atom. The molecule has 1 fully saturated rings. The first-order chi connectivity index (χ1) is 13.0. The monoisotopic (exact) mass is 370 g/mol. The molecule has 1 saturated heterocycles. The summed E-state index contributed by atoms with van der Waals surface area (Å²) in [5, 5.41) is 3.42. The molecule has 3 N–H and O–H groups in total. The number of halogens is 1. The molecule has 2 amide bonds. The number of nitrogens with one attached hydrogen (secondary N) is 1. The molecule has 0 aliphatic carbocycles. The van der Waals surface area contributed by atoms with Gasteiger partial charge in [0.05, 0.1) is 17.1 Å². The average molecular weight is 370 g/mol. The molecule has 1 aliphatic heterocycles. The molecule has 0 saturated carbocycles. The number of alkyl halides is 1. The Kier molecular flexibility index (Phi) is 4.18. The second kappa shape index (κ2) is 6.53. The minimum absolute atomic E-state index is 0.150. The first-order valence-corrected chi connectivity index (χ1v) is 8.77. The quantitative estimate of drug-likeness (QED) is 0.716. The van der Waals surface area contributed by atoms with E-state index in [0.29, 0.717) is 23.4 Å². The lowest BCUT2D eigenvalue weighted by Gasteiger charge is -2.19. The number of amides is 2. The van der Waals surface area contributed by atoms with E-state index in [2.05, 4.69) is 10.3 Å². The van der Waals surface area contributed by atoms with Gasteiger partial charge < -0.3 is 15.8 Å². The first-order valence-electron chi connectivity index (χ1n) is 8.77. The van der Waals surface area contributed by atoms with Gasteiger partial charge in [0.15, 0.2) is 6.17 Å². The third kappa shape index (κ3) is 2.77. The number of para-hydroxylation sites is 1. The van der Waals surface area contributed by atoms with Gasteiger partial charge in [-0.2, -0.15) is 0 Å². The lowest BCUT2D eigenvalue weighted by atomic mass is 9.97. The van der Waals surface area contributed by atoms with E-state index >= 15 is 0 Å². The summed E-state index contributed by atoms with van der Waals surface area (Å²) >= 11 is 0. The van der Waals surface area contributed by atoms with Crippen LogP contribution in [0.1, 0.15) is 23.7 Å². The molecule has 1 aromatic carbocycles. The number of fused-ring (bicyclic) bond motifs is 3. The predicted octanol–water partition coefficient (Wildman–Crippen LogP) is 1.83. The topological polar surface area (TPSA) is 98.7 Å². The van der Waals surface area contributed by atoms with Crippen LogP contribution in [0.2, 0.25) is 0 Å². The fourth-order valence-corrected chi connectivity index (χ4v) is 3.72. The number of ether oxygens (including phenoxy) is 1. The van der Waals surface area contributed by atoms with E-state index in [0.717, 1.165) is 10.9 Å². The summed E-state index contributed by atoms with van der Waals surface area (Å²) in [4.78, 5) is 27.6. The molecule has 0 spiro atoms. The van der Waals surface area contributed by atoms with Crippen molar-refractivity contribution in [1.29, 1.82) is 0 Å². The molecule has 1 aliphatic rings. The van der Waals surface area contributed by atoms with Crippen LogP contribution in [0.4, 0.5) is 4.39 Å². The summed E-state index contributed by atoms with van der Waals surface area (Å²) in [5.74, 6) is -1.01. The number of carbonyl (C=O) groups excluding carboxylic acids is 2. The largest absolute Gasteiger partial charge is 0.489 e. The van der Waals surface area contributed by atoms with Gasteiger partial charge in [-0.3, -0.25) is 14.0 Å². The van der Waals surface area contributed by atoms with Crippen LogP contribution in [0, 0.1) is 5.92 Å². The van der Waals surface area contributed by atoms with Crippen LogP contribution in [0.25, 0.3) is 16.6 Å². The van der Waals surface area contributed by atoms with E-state index in [1.165, 1.54) is 0 Å². The molecule has 4 rings (SSSR count). The third-order valence-corrected chi connectivity index (χ3v) is 5.08.